The van der Waals surface area contributed by atoms with Gasteiger partial charge in [0, 0.05) is 6.08 Å². The zero-order valence-corrected chi connectivity index (χ0v) is 13.4. The van der Waals surface area contributed by atoms with Crippen LogP contribution in [0.2, 0.25) is 0 Å². The smallest absolute Gasteiger partial charge is 0.266 e. The molecule has 0 aliphatic carbocycles. The van der Waals surface area contributed by atoms with E-state index in [1.807, 2.05) is 78.9 Å². The maximum Gasteiger partial charge on any atom is 0.266 e. The summed E-state index contributed by atoms with van der Waals surface area (Å²) in [5.74, 6) is -0.601. The summed E-state index contributed by atoms with van der Waals surface area (Å²) >= 11 is 0. The maximum atomic E-state index is 12.8. The van der Waals surface area contributed by atoms with E-state index in [0.29, 0.717) is 11.3 Å². The number of nitrogens with zero attached hydrogens (tertiary/aromatic N) is 1. The zero-order chi connectivity index (χ0) is 17.2. The number of hydrogen-bond acceptors (Lipinski definition) is 2. The Hall–Kier alpha value is -3.46. The van der Waals surface area contributed by atoms with Crippen molar-refractivity contribution in [2.24, 2.45) is 0 Å². The molecule has 25 heavy (non-hydrogen) atoms. The molecular weight excluding hydrogens is 310 g/mol. The van der Waals surface area contributed by atoms with Gasteiger partial charge in [-0.25, -0.2) is 4.90 Å². The van der Waals surface area contributed by atoms with Gasteiger partial charge >= 0.3 is 0 Å². The van der Waals surface area contributed by atoms with Gasteiger partial charge in [-0.2, -0.15) is 0 Å². The molecule has 4 rings (SSSR count). The lowest BCUT2D eigenvalue weighted by Crippen LogP contribution is -2.30. The molecule has 0 N–H and O–H groups in total. The molecule has 1 heterocycles. The van der Waals surface area contributed by atoms with Crippen LogP contribution in [0.25, 0.3) is 16.7 Å². The van der Waals surface area contributed by atoms with Crippen molar-refractivity contribution in [3.8, 4) is 11.1 Å². The molecule has 0 fully saturated rings. The lowest BCUT2D eigenvalue weighted by molar-refractivity contribution is -0.119. The van der Waals surface area contributed by atoms with E-state index in [1.165, 1.54) is 11.0 Å². The summed E-state index contributed by atoms with van der Waals surface area (Å²) in [6.07, 6.45) is 1.41. The summed E-state index contributed by atoms with van der Waals surface area (Å²) in [5, 5.41) is 0. The standard InChI is InChI=1S/C22H15NO2/c24-21-15-20(17-10-5-2-6-11-17)22(25)23(21)19-13-7-12-18(14-19)16-8-3-1-4-9-16/h1-15H. The maximum absolute atomic E-state index is 12.8. The molecule has 0 saturated carbocycles. The number of imide groups is 1. The summed E-state index contributed by atoms with van der Waals surface area (Å²) in [4.78, 5) is 26.5. The number of rotatable bonds is 3. The Balaban J connectivity index is 1.70. The van der Waals surface area contributed by atoms with Crippen LogP contribution < -0.4 is 4.90 Å². The van der Waals surface area contributed by atoms with E-state index in [1.54, 1.807) is 6.07 Å². The van der Waals surface area contributed by atoms with Crippen molar-refractivity contribution in [1.82, 2.24) is 0 Å². The number of carbonyl (C=O) groups excluding carboxylic acids is 2. The largest absolute Gasteiger partial charge is 0.269 e. The van der Waals surface area contributed by atoms with E-state index in [2.05, 4.69) is 0 Å². The Bertz CT molecular complexity index is 975. The monoisotopic (exact) mass is 325 g/mol. The van der Waals surface area contributed by atoms with Gasteiger partial charge in [0.1, 0.15) is 0 Å². The summed E-state index contributed by atoms with van der Waals surface area (Å²) in [6, 6.07) is 26.6. The van der Waals surface area contributed by atoms with Crippen LogP contribution in [0, 0.1) is 0 Å². The molecule has 120 valence electrons. The van der Waals surface area contributed by atoms with Crippen molar-refractivity contribution in [2.45, 2.75) is 0 Å². The van der Waals surface area contributed by atoms with E-state index >= 15 is 0 Å². The predicted octanol–water partition coefficient (Wildman–Crippen LogP) is 4.31. The van der Waals surface area contributed by atoms with E-state index in [4.69, 9.17) is 0 Å². The summed E-state index contributed by atoms with van der Waals surface area (Å²) in [6.45, 7) is 0. The Labute approximate surface area is 145 Å². The van der Waals surface area contributed by atoms with Crippen LogP contribution in [-0.4, -0.2) is 11.8 Å². The number of carbonyl (C=O) groups is 2. The van der Waals surface area contributed by atoms with Gasteiger partial charge in [-0.3, -0.25) is 9.59 Å². The Kier molecular flexibility index (Phi) is 3.75. The van der Waals surface area contributed by atoms with Crippen molar-refractivity contribution in [1.29, 1.82) is 0 Å². The fraction of sp³-hybridized carbons (Fsp3) is 0. The summed E-state index contributed by atoms with van der Waals surface area (Å²) < 4.78 is 0. The predicted molar refractivity (Wildman–Crippen MR) is 98.8 cm³/mol. The van der Waals surface area contributed by atoms with E-state index in [9.17, 15) is 9.59 Å². The molecule has 0 unspecified atom stereocenters. The summed E-state index contributed by atoms with van der Waals surface area (Å²) in [5.41, 5.74) is 3.77. The molecule has 2 amide bonds. The van der Waals surface area contributed by atoms with Crippen LogP contribution in [0.5, 0.6) is 0 Å². The second kappa shape index (κ2) is 6.21. The van der Waals surface area contributed by atoms with Gasteiger partial charge in [-0.15, -0.1) is 0 Å². The van der Waals surface area contributed by atoms with Crippen molar-refractivity contribution in [3.63, 3.8) is 0 Å². The molecule has 0 radical (unpaired) electrons. The number of benzene rings is 3. The molecule has 3 aromatic carbocycles. The van der Waals surface area contributed by atoms with Crippen LogP contribution in [-0.2, 0) is 9.59 Å². The zero-order valence-electron chi connectivity index (χ0n) is 13.4. The first-order valence-electron chi connectivity index (χ1n) is 8.05. The Morgan fingerprint density at radius 1 is 0.600 bits per heavy atom. The van der Waals surface area contributed by atoms with E-state index in [0.717, 1.165) is 16.7 Å². The second-order valence-electron chi connectivity index (χ2n) is 5.82. The van der Waals surface area contributed by atoms with E-state index < -0.39 is 0 Å². The first-order chi connectivity index (χ1) is 12.2. The van der Waals surface area contributed by atoms with Gasteiger partial charge < -0.3 is 0 Å². The fourth-order valence-corrected chi connectivity index (χ4v) is 2.99. The fourth-order valence-electron chi connectivity index (χ4n) is 2.99. The highest BCUT2D eigenvalue weighted by Gasteiger charge is 2.33. The van der Waals surface area contributed by atoms with Gasteiger partial charge in [0.25, 0.3) is 11.8 Å². The normalized spacial score (nSPS) is 13.9. The molecule has 0 spiro atoms. The van der Waals surface area contributed by atoms with Crippen molar-refractivity contribution in [3.05, 3.63) is 96.6 Å². The number of anilines is 1. The van der Waals surface area contributed by atoms with Gasteiger partial charge in [-0.1, -0.05) is 72.8 Å². The minimum absolute atomic E-state index is 0.290. The molecule has 3 aromatic rings. The SMILES string of the molecule is O=C1C=C(c2ccccc2)C(=O)N1c1cccc(-c2ccccc2)c1. The third-order valence-electron chi connectivity index (χ3n) is 4.22. The quantitative estimate of drug-likeness (QED) is 0.673. The van der Waals surface area contributed by atoms with Gasteiger partial charge in [0.05, 0.1) is 11.3 Å². The molecule has 1 aliphatic heterocycles. The first-order valence-corrected chi connectivity index (χ1v) is 8.05. The van der Waals surface area contributed by atoms with Crippen LogP contribution in [0.15, 0.2) is 91.0 Å². The molecule has 0 aromatic heterocycles. The van der Waals surface area contributed by atoms with Gasteiger partial charge in [-0.05, 0) is 28.8 Å². The molecule has 0 atom stereocenters. The Morgan fingerprint density at radius 2 is 1.20 bits per heavy atom. The molecule has 0 saturated heterocycles. The average molecular weight is 325 g/mol. The molecule has 1 aliphatic rings. The van der Waals surface area contributed by atoms with Crippen LogP contribution >= 0.6 is 0 Å². The van der Waals surface area contributed by atoms with Crippen LogP contribution in [0.1, 0.15) is 5.56 Å². The highest BCUT2D eigenvalue weighted by Crippen LogP contribution is 2.30. The minimum atomic E-state index is -0.311. The van der Waals surface area contributed by atoms with Crippen LogP contribution in [0.4, 0.5) is 5.69 Å². The Morgan fingerprint density at radius 3 is 1.88 bits per heavy atom. The average Bonchev–Trinajstić information content (AvgIpc) is 2.97. The van der Waals surface area contributed by atoms with Crippen LogP contribution in [0.3, 0.4) is 0 Å². The minimum Gasteiger partial charge on any atom is -0.269 e. The second-order valence-corrected chi connectivity index (χ2v) is 5.82. The lowest BCUT2D eigenvalue weighted by Gasteiger charge is -2.16. The molecular formula is C22H15NO2. The molecule has 3 nitrogen and oxygen atoms in total. The first kappa shape index (κ1) is 15.1. The lowest BCUT2D eigenvalue weighted by atomic mass is 10.0. The topological polar surface area (TPSA) is 37.4 Å². The van der Waals surface area contributed by atoms with Crippen molar-refractivity contribution >= 4 is 23.1 Å². The highest BCUT2D eigenvalue weighted by molar-refractivity contribution is 6.43. The van der Waals surface area contributed by atoms with Gasteiger partial charge in [0.2, 0.25) is 0 Å². The van der Waals surface area contributed by atoms with Crippen molar-refractivity contribution in [2.75, 3.05) is 4.90 Å². The van der Waals surface area contributed by atoms with Gasteiger partial charge in [0.15, 0.2) is 0 Å². The third-order valence-corrected chi connectivity index (χ3v) is 4.22. The van der Waals surface area contributed by atoms with Crippen molar-refractivity contribution < 1.29 is 9.59 Å². The third kappa shape index (κ3) is 2.76. The number of amides is 2. The molecule has 3 heteroatoms. The molecule has 0 bridgehead atoms. The highest BCUT2D eigenvalue weighted by atomic mass is 16.2. The van der Waals surface area contributed by atoms with E-state index in [-0.39, 0.29) is 11.8 Å². The number of hydrogen-bond donors (Lipinski definition) is 0. The summed E-state index contributed by atoms with van der Waals surface area (Å²) in [7, 11) is 0.